The summed E-state index contributed by atoms with van der Waals surface area (Å²) < 4.78 is 25.1. The molecule has 0 aliphatic carbocycles. The first-order chi connectivity index (χ1) is 13.2. The number of carbonyl (C=O) groups is 1. The van der Waals surface area contributed by atoms with Gasteiger partial charge in [-0.1, -0.05) is 48.1 Å². The van der Waals surface area contributed by atoms with Gasteiger partial charge in [-0.15, -0.1) is 0 Å². The highest BCUT2D eigenvalue weighted by Crippen LogP contribution is 2.37. The maximum Gasteiger partial charge on any atom is 0.333 e. The van der Waals surface area contributed by atoms with E-state index in [4.69, 9.17) is 18.0 Å². The summed E-state index contributed by atoms with van der Waals surface area (Å²) in [4.78, 5) is 11.7. The second-order valence-electron chi connectivity index (χ2n) is 7.60. The molecular weight excluding hydrogens is 404 g/mol. The fraction of sp³-hybridized carbons (Fsp3) is 0.850. The van der Waals surface area contributed by atoms with Crippen LogP contribution in [-0.4, -0.2) is 45.7 Å². The predicted octanol–water partition coefficient (Wildman–Crippen LogP) is 4.88. The van der Waals surface area contributed by atoms with E-state index in [-0.39, 0.29) is 5.97 Å². The summed E-state index contributed by atoms with van der Waals surface area (Å²) in [5, 5.41) is 0. The third kappa shape index (κ3) is 7.87. The van der Waals surface area contributed by atoms with Crippen molar-refractivity contribution in [3.8, 4) is 0 Å². The first-order valence-corrected chi connectivity index (χ1v) is 16.8. The quantitative estimate of drug-likeness (QED) is 0.111. The zero-order valence-electron chi connectivity index (χ0n) is 19.6. The molecule has 0 atom stereocenters. The van der Waals surface area contributed by atoms with Crippen molar-refractivity contribution in [3.05, 3.63) is 12.2 Å². The topological polar surface area (TPSA) is 54.0 Å². The summed E-state index contributed by atoms with van der Waals surface area (Å²) >= 11 is 0. The molecule has 0 aromatic carbocycles. The monoisotopic (exact) mass is 448 g/mol. The van der Waals surface area contributed by atoms with Gasteiger partial charge in [0.15, 0.2) is 27.1 Å². The molecule has 0 fully saturated rings. The van der Waals surface area contributed by atoms with Crippen molar-refractivity contribution in [1.82, 2.24) is 0 Å². The van der Waals surface area contributed by atoms with Gasteiger partial charge >= 0.3 is 5.97 Å². The lowest BCUT2D eigenvalue weighted by atomic mass is 10.3. The minimum Gasteiger partial charge on any atom is -0.462 e. The van der Waals surface area contributed by atoms with Crippen molar-refractivity contribution in [2.75, 3.05) is 6.61 Å². The Bertz CT molecular complexity index is 438. The van der Waals surface area contributed by atoms with Crippen LogP contribution in [0.3, 0.4) is 0 Å². The Morgan fingerprint density at radius 3 is 1.57 bits per heavy atom. The van der Waals surface area contributed by atoms with Gasteiger partial charge in [0, 0.05) is 12.0 Å². The van der Waals surface area contributed by atoms with Gasteiger partial charge in [0.1, 0.15) is 0 Å². The van der Waals surface area contributed by atoms with Crippen LogP contribution in [0, 0.1) is 0 Å². The van der Waals surface area contributed by atoms with Crippen LogP contribution in [0.1, 0.15) is 61.3 Å². The normalized spacial score (nSPS) is 13.0. The first kappa shape index (κ1) is 27.7. The van der Waals surface area contributed by atoms with Crippen LogP contribution < -0.4 is 0 Å². The fourth-order valence-corrected chi connectivity index (χ4v) is 9.90. The molecule has 0 amide bonds. The van der Waals surface area contributed by atoms with E-state index in [2.05, 4.69) is 48.1 Å². The summed E-state index contributed by atoms with van der Waals surface area (Å²) in [5.41, 5.74) is 0.418. The Hall–Kier alpha value is -0.259. The van der Waals surface area contributed by atoms with Crippen LogP contribution in [-0.2, 0) is 22.8 Å². The Morgan fingerprint density at radius 2 is 1.29 bits per heavy atom. The van der Waals surface area contributed by atoms with Crippen molar-refractivity contribution >= 4 is 33.1 Å². The zero-order valence-corrected chi connectivity index (χ0v) is 23.6. The van der Waals surface area contributed by atoms with Gasteiger partial charge in [0.05, 0.1) is 6.61 Å². The molecule has 0 radical (unpaired) electrons. The van der Waals surface area contributed by atoms with Gasteiger partial charge in [-0.05, 0) is 49.6 Å². The van der Waals surface area contributed by atoms with Gasteiger partial charge in [-0.3, -0.25) is 0 Å². The maximum atomic E-state index is 11.7. The second kappa shape index (κ2) is 13.1. The van der Waals surface area contributed by atoms with Crippen LogP contribution in [0.15, 0.2) is 12.2 Å². The molecule has 0 N–H and O–H groups in total. The molecule has 0 rings (SSSR count). The largest absolute Gasteiger partial charge is 0.462 e. The summed E-state index contributed by atoms with van der Waals surface area (Å²) in [6.07, 6.45) is 1.23. The Kier molecular flexibility index (Phi) is 13.0. The maximum absolute atomic E-state index is 11.7. The second-order valence-corrected chi connectivity index (χ2v) is 17.4. The molecule has 8 heteroatoms. The molecule has 0 saturated heterocycles. The molecule has 5 nitrogen and oxygen atoms in total. The standard InChI is InChI=1S/C20H44O5Si3/c1-9-27(10-2,11-3)24-20(23-26,25-28(12-4,13-5)14-6)16-15-17-22-19(21)18(7)8/h7,9-17H2,1-6,8,26H3. The highest BCUT2D eigenvalue weighted by molar-refractivity contribution is 6.74. The number of hydrogen-bond donors (Lipinski definition) is 0. The van der Waals surface area contributed by atoms with Crippen LogP contribution in [0.5, 0.6) is 0 Å². The van der Waals surface area contributed by atoms with Crippen LogP contribution in [0.2, 0.25) is 36.3 Å². The van der Waals surface area contributed by atoms with E-state index in [0.717, 1.165) is 36.3 Å². The lowest BCUT2D eigenvalue weighted by molar-refractivity contribution is -0.270. The van der Waals surface area contributed by atoms with Gasteiger partial charge in [0.2, 0.25) is 0 Å². The molecular formula is C20H44O5Si3. The summed E-state index contributed by atoms with van der Waals surface area (Å²) in [5.74, 6) is -1.33. The van der Waals surface area contributed by atoms with Crippen LogP contribution >= 0.6 is 0 Å². The van der Waals surface area contributed by atoms with E-state index in [9.17, 15) is 4.79 Å². The summed E-state index contributed by atoms with van der Waals surface area (Å²) in [6, 6.07) is 6.25. The van der Waals surface area contributed by atoms with E-state index >= 15 is 0 Å². The lowest BCUT2D eigenvalue weighted by Gasteiger charge is -2.46. The summed E-state index contributed by atoms with van der Waals surface area (Å²) in [6.45, 7) is 18.9. The SMILES string of the molecule is C=C(C)C(=O)OCCCC(O[SiH3])(O[Si](CC)(CC)CC)O[Si](CC)(CC)CC. The average molecular weight is 449 g/mol. The van der Waals surface area contributed by atoms with Gasteiger partial charge in [0.25, 0.3) is 5.97 Å². The van der Waals surface area contributed by atoms with E-state index in [0.29, 0.717) is 35.5 Å². The molecule has 0 spiro atoms. The highest BCUT2D eigenvalue weighted by atomic mass is 28.4. The molecule has 0 aromatic heterocycles. The molecule has 28 heavy (non-hydrogen) atoms. The van der Waals surface area contributed by atoms with Gasteiger partial charge < -0.3 is 18.0 Å². The minimum absolute atomic E-state index is 0.322. The number of carbonyl (C=O) groups excluding carboxylic acids is 1. The van der Waals surface area contributed by atoms with E-state index < -0.39 is 22.6 Å². The first-order valence-electron chi connectivity index (χ1n) is 10.9. The number of esters is 1. The number of rotatable bonds is 16. The fourth-order valence-electron chi connectivity index (χ4n) is 3.48. The molecule has 0 bridgehead atoms. The van der Waals surface area contributed by atoms with E-state index in [1.807, 2.05) is 0 Å². The van der Waals surface area contributed by atoms with E-state index in [1.165, 1.54) is 0 Å². The molecule has 0 aromatic rings. The molecule has 0 heterocycles. The van der Waals surface area contributed by atoms with Crippen molar-refractivity contribution in [2.45, 2.75) is 104 Å². The number of hydrogen-bond acceptors (Lipinski definition) is 5. The smallest absolute Gasteiger partial charge is 0.333 e. The minimum atomic E-state index is -1.94. The predicted molar refractivity (Wildman–Crippen MR) is 125 cm³/mol. The summed E-state index contributed by atoms with van der Waals surface area (Å²) in [7, 11) is -3.35. The van der Waals surface area contributed by atoms with E-state index in [1.54, 1.807) is 6.92 Å². The number of ether oxygens (including phenoxy) is 1. The molecule has 0 saturated carbocycles. The van der Waals surface area contributed by atoms with Crippen molar-refractivity contribution in [3.63, 3.8) is 0 Å². The van der Waals surface area contributed by atoms with Crippen LogP contribution in [0.4, 0.5) is 0 Å². The molecule has 0 aliphatic heterocycles. The molecule has 166 valence electrons. The Morgan fingerprint density at radius 1 is 0.893 bits per heavy atom. The zero-order chi connectivity index (χ0) is 21.8. The van der Waals surface area contributed by atoms with Crippen molar-refractivity contribution < 1.29 is 22.8 Å². The van der Waals surface area contributed by atoms with Gasteiger partial charge in [-0.25, -0.2) is 4.79 Å². The molecule has 0 aliphatic rings. The van der Waals surface area contributed by atoms with Crippen molar-refractivity contribution in [1.29, 1.82) is 0 Å². The third-order valence-electron chi connectivity index (χ3n) is 6.13. The Labute approximate surface area is 178 Å². The van der Waals surface area contributed by atoms with Crippen LogP contribution in [0.25, 0.3) is 0 Å². The van der Waals surface area contributed by atoms with Crippen molar-refractivity contribution in [2.24, 2.45) is 0 Å². The van der Waals surface area contributed by atoms with Gasteiger partial charge in [-0.2, -0.15) is 0 Å². The average Bonchev–Trinajstić information content (AvgIpc) is 2.73. The lowest BCUT2D eigenvalue weighted by Crippen LogP contribution is -2.56. The Balaban J connectivity index is 5.58. The third-order valence-corrected chi connectivity index (χ3v) is 16.0. The molecule has 0 unspecified atom stereocenters. The highest BCUT2D eigenvalue weighted by Gasteiger charge is 2.46.